The average Bonchev–Trinajstić information content (AvgIpc) is 1.98. The van der Waals surface area contributed by atoms with Crippen molar-refractivity contribution in [3.63, 3.8) is 0 Å². The van der Waals surface area contributed by atoms with E-state index in [1.54, 1.807) is 12.1 Å². The maximum atomic E-state index is 9.18. The predicted octanol–water partition coefficient (Wildman–Crippen LogP) is 1.97. The van der Waals surface area contributed by atoms with E-state index in [2.05, 4.69) is 20.8 Å². The number of phenols is 1. The smallest absolute Gasteiger partial charge is 0.130 e. The van der Waals surface area contributed by atoms with Crippen molar-refractivity contribution in [3.8, 4) is 5.75 Å². The molecule has 0 saturated carbocycles. The van der Waals surface area contributed by atoms with Crippen LogP contribution in [0.5, 0.6) is 5.75 Å². The van der Waals surface area contributed by atoms with Crippen LogP contribution in [-0.2, 0) is 11.4 Å². The highest BCUT2D eigenvalue weighted by Crippen LogP contribution is 2.24. The summed E-state index contributed by atoms with van der Waals surface area (Å²) in [5, 5.41) is 9.18. The summed E-state index contributed by atoms with van der Waals surface area (Å²) in [6, 6.07) is 5.15. The van der Waals surface area contributed by atoms with Gasteiger partial charge in [-0.2, -0.15) is 0 Å². The zero-order valence-electron chi connectivity index (χ0n) is 6.16. The van der Waals surface area contributed by atoms with Gasteiger partial charge in [0, 0.05) is 0 Å². The minimum absolute atomic E-state index is 0. The topological polar surface area (TPSA) is 55.5 Å². The van der Waals surface area contributed by atoms with E-state index in [4.69, 9.17) is 5.90 Å². The van der Waals surface area contributed by atoms with Gasteiger partial charge in [0.05, 0.1) is 11.1 Å². The molecule has 0 aliphatic heterocycles. The Morgan fingerprint density at radius 1 is 1.50 bits per heavy atom. The number of aromatic hydroxyl groups is 1. The van der Waals surface area contributed by atoms with Crippen molar-refractivity contribution < 1.29 is 9.94 Å². The third kappa shape index (κ3) is 2.98. The minimum atomic E-state index is 0. The molecule has 0 amide bonds. The van der Waals surface area contributed by atoms with E-state index < -0.39 is 0 Å². The first-order valence-corrected chi connectivity index (χ1v) is 3.82. The summed E-state index contributed by atoms with van der Waals surface area (Å²) < 4.78 is 0.665. The van der Waals surface area contributed by atoms with Gasteiger partial charge >= 0.3 is 0 Å². The number of nitrogens with two attached hydrogens (primary N) is 1. The van der Waals surface area contributed by atoms with Crippen LogP contribution in [0.3, 0.4) is 0 Å². The van der Waals surface area contributed by atoms with Crippen molar-refractivity contribution in [1.29, 1.82) is 0 Å². The van der Waals surface area contributed by atoms with Crippen LogP contribution in [0.2, 0.25) is 0 Å². The summed E-state index contributed by atoms with van der Waals surface area (Å²) in [6.07, 6.45) is 0. The zero-order valence-corrected chi connectivity index (χ0v) is 8.56. The molecule has 1 rings (SSSR count). The molecule has 1 aromatic rings. The third-order valence-electron chi connectivity index (χ3n) is 1.26. The lowest BCUT2D eigenvalue weighted by Crippen LogP contribution is -1.98. The first-order chi connectivity index (χ1) is 5.24. The largest absolute Gasteiger partial charge is 0.507 e. The van der Waals surface area contributed by atoms with Gasteiger partial charge in [-0.25, -0.2) is 5.90 Å². The Bertz CT molecular complexity index is 257. The van der Waals surface area contributed by atoms with Crippen molar-refractivity contribution in [2.75, 3.05) is 0 Å². The van der Waals surface area contributed by atoms with Gasteiger partial charge in [-0.05, 0) is 33.6 Å². The molecule has 0 heterocycles. The first-order valence-electron chi connectivity index (χ1n) is 3.03. The molecule has 0 aliphatic rings. The van der Waals surface area contributed by atoms with Crippen molar-refractivity contribution in [1.82, 2.24) is 0 Å². The molecule has 0 fully saturated rings. The first kappa shape index (κ1) is 11.7. The molecule has 0 spiro atoms. The van der Waals surface area contributed by atoms with E-state index in [9.17, 15) is 5.11 Å². The normalized spacial score (nSPS) is 9.17. The molecular weight excluding hydrogens is 245 g/mol. The van der Waals surface area contributed by atoms with Crippen molar-refractivity contribution in [3.05, 3.63) is 28.2 Å². The highest BCUT2D eigenvalue weighted by molar-refractivity contribution is 9.10. The quantitative estimate of drug-likeness (QED) is 0.793. The van der Waals surface area contributed by atoms with Crippen LogP contribution < -0.4 is 5.90 Å². The lowest BCUT2D eigenvalue weighted by Gasteiger charge is -2.00. The van der Waals surface area contributed by atoms with Crippen LogP contribution in [0, 0.1) is 0 Å². The summed E-state index contributed by atoms with van der Waals surface area (Å²) in [5.41, 5.74) is 0.841. The second kappa shape index (κ2) is 5.37. The lowest BCUT2D eigenvalue weighted by atomic mass is 10.2. The van der Waals surface area contributed by atoms with E-state index in [0.29, 0.717) is 11.1 Å². The van der Waals surface area contributed by atoms with Crippen LogP contribution in [0.15, 0.2) is 22.7 Å². The molecule has 0 unspecified atom stereocenters. The second-order valence-electron chi connectivity index (χ2n) is 2.10. The van der Waals surface area contributed by atoms with Gasteiger partial charge < -0.3 is 5.11 Å². The number of rotatable bonds is 2. The molecule has 5 heteroatoms. The third-order valence-corrected chi connectivity index (χ3v) is 1.93. The summed E-state index contributed by atoms with van der Waals surface area (Å²) in [6.45, 7) is 0.306. The van der Waals surface area contributed by atoms with Crippen molar-refractivity contribution >= 4 is 28.3 Å². The van der Waals surface area contributed by atoms with Crippen LogP contribution in [0.1, 0.15) is 5.56 Å². The molecule has 0 atom stereocenters. The van der Waals surface area contributed by atoms with E-state index >= 15 is 0 Å². The monoisotopic (exact) mass is 253 g/mol. The summed E-state index contributed by atoms with van der Waals surface area (Å²) in [4.78, 5) is 4.40. The summed E-state index contributed by atoms with van der Waals surface area (Å²) >= 11 is 3.16. The SMILES string of the molecule is Cl.NOCc1ccc(Br)c(O)c1. The number of benzene rings is 1. The molecule has 3 N–H and O–H groups in total. The Morgan fingerprint density at radius 3 is 2.67 bits per heavy atom. The Hall–Kier alpha value is -0.290. The van der Waals surface area contributed by atoms with Gasteiger partial charge in [0.2, 0.25) is 0 Å². The molecule has 0 aliphatic carbocycles. The number of hydrogen-bond donors (Lipinski definition) is 2. The van der Waals surface area contributed by atoms with E-state index in [0.717, 1.165) is 5.56 Å². The molecule has 12 heavy (non-hydrogen) atoms. The molecule has 0 aromatic heterocycles. The van der Waals surface area contributed by atoms with Crippen LogP contribution in [-0.4, -0.2) is 5.11 Å². The fourth-order valence-corrected chi connectivity index (χ4v) is 0.991. The Labute approximate surface area is 85.0 Å². The Kier molecular flexibility index (Phi) is 5.24. The molecule has 0 radical (unpaired) electrons. The van der Waals surface area contributed by atoms with Gasteiger partial charge in [-0.1, -0.05) is 6.07 Å². The molecule has 1 aromatic carbocycles. The maximum absolute atomic E-state index is 9.18. The molecular formula is C7H9BrClNO2. The van der Waals surface area contributed by atoms with Crippen molar-refractivity contribution in [2.45, 2.75) is 6.61 Å². The summed E-state index contributed by atoms with van der Waals surface area (Å²) in [7, 11) is 0. The highest BCUT2D eigenvalue weighted by Gasteiger charge is 1.98. The van der Waals surface area contributed by atoms with Crippen LogP contribution in [0.4, 0.5) is 0 Å². The number of phenolic OH excluding ortho intramolecular Hbond substituents is 1. The molecule has 0 saturated heterocycles. The van der Waals surface area contributed by atoms with Crippen LogP contribution >= 0.6 is 28.3 Å². The van der Waals surface area contributed by atoms with Gasteiger partial charge in [-0.15, -0.1) is 12.4 Å². The highest BCUT2D eigenvalue weighted by atomic mass is 79.9. The Morgan fingerprint density at radius 2 is 2.17 bits per heavy atom. The van der Waals surface area contributed by atoms with Crippen molar-refractivity contribution in [2.24, 2.45) is 5.90 Å². The maximum Gasteiger partial charge on any atom is 0.130 e. The standard InChI is InChI=1S/C7H8BrNO2.ClH/c8-6-2-1-5(4-11-9)3-7(6)10;/h1-3,10H,4,9H2;1H. The van der Waals surface area contributed by atoms with Gasteiger partial charge in [-0.3, -0.25) is 4.84 Å². The minimum Gasteiger partial charge on any atom is -0.507 e. The fraction of sp³-hybridized carbons (Fsp3) is 0.143. The van der Waals surface area contributed by atoms with E-state index in [1.807, 2.05) is 6.07 Å². The van der Waals surface area contributed by atoms with Gasteiger partial charge in [0.1, 0.15) is 5.75 Å². The zero-order chi connectivity index (χ0) is 8.27. The number of halogens is 2. The summed E-state index contributed by atoms with van der Waals surface area (Å²) in [5.74, 6) is 5.05. The lowest BCUT2D eigenvalue weighted by molar-refractivity contribution is 0.124. The molecule has 3 nitrogen and oxygen atoms in total. The number of hydrogen-bond acceptors (Lipinski definition) is 3. The Balaban J connectivity index is 0.00000121. The molecule has 68 valence electrons. The average molecular weight is 255 g/mol. The molecule has 0 bridgehead atoms. The van der Waals surface area contributed by atoms with Gasteiger partial charge in [0.25, 0.3) is 0 Å². The van der Waals surface area contributed by atoms with Gasteiger partial charge in [0.15, 0.2) is 0 Å². The fourth-order valence-electron chi connectivity index (χ4n) is 0.744. The van der Waals surface area contributed by atoms with E-state index in [1.165, 1.54) is 0 Å². The van der Waals surface area contributed by atoms with Crippen LogP contribution in [0.25, 0.3) is 0 Å². The van der Waals surface area contributed by atoms with E-state index in [-0.39, 0.29) is 18.2 Å². The predicted molar refractivity (Wildman–Crippen MR) is 52.0 cm³/mol. The second-order valence-corrected chi connectivity index (χ2v) is 2.95.